The van der Waals surface area contributed by atoms with Crippen LogP contribution in [0.4, 0.5) is 0 Å². The summed E-state index contributed by atoms with van der Waals surface area (Å²) in [6.07, 6.45) is 43.7. The Hall–Kier alpha value is -1.18. The van der Waals surface area contributed by atoms with Crippen LogP contribution in [0.2, 0.25) is 0 Å². The van der Waals surface area contributed by atoms with Crippen molar-refractivity contribution in [3.8, 4) is 0 Å². The number of rotatable bonds is 44. The molecule has 0 aliphatic heterocycles. The first-order valence-corrected chi connectivity index (χ1v) is 23.5. The minimum absolute atomic E-state index is 0.00350. The van der Waals surface area contributed by atoms with Crippen LogP contribution < -0.4 is 11.1 Å². The standard InChI is InChI=1S/C46H93N3O4/c1-4-6-8-10-12-14-16-18-20-22-24-26-28-30-32-34-39-49(45(50)42-52-43-46(51)53-44(3)41-48-38-36-37-47)40-35-33-31-29-27-25-23-21-19-17-15-13-11-9-7-5-2/h44,48H,4-43,47H2,1-3H3. The average molecular weight is 752 g/mol. The summed E-state index contributed by atoms with van der Waals surface area (Å²) in [5.41, 5.74) is 5.53. The lowest BCUT2D eigenvalue weighted by Crippen LogP contribution is -2.36. The maximum Gasteiger partial charge on any atom is 0.332 e. The average Bonchev–Trinajstić information content (AvgIpc) is 3.15. The molecule has 0 bridgehead atoms. The van der Waals surface area contributed by atoms with Gasteiger partial charge in [-0.15, -0.1) is 0 Å². The molecule has 0 fully saturated rings. The van der Waals surface area contributed by atoms with Gasteiger partial charge in [0, 0.05) is 19.6 Å². The molecule has 1 atom stereocenters. The van der Waals surface area contributed by atoms with Crippen molar-refractivity contribution in [1.82, 2.24) is 10.2 Å². The van der Waals surface area contributed by atoms with E-state index in [2.05, 4.69) is 19.2 Å². The number of hydrogen-bond donors (Lipinski definition) is 2. The summed E-state index contributed by atoms with van der Waals surface area (Å²) in [4.78, 5) is 27.4. The van der Waals surface area contributed by atoms with Crippen LogP contribution in [0.3, 0.4) is 0 Å². The van der Waals surface area contributed by atoms with Gasteiger partial charge in [-0.05, 0) is 39.3 Å². The van der Waals surface area contributed by atoms with E-state index in [1.165, 1.54) is 193 Å². The van der Waals surface area contributed by atoms with Gasteiger partial charge in [0.2, 0.25) is 5.91 Å². The number of nitrogens with one attached hydrogen (secondary N) is 1. The van der Waals surface area contributed by atoms with Crippen LogP contribution in [0.1, 0.15) is 233 Å². The molecule has 1 amide bonds. The topological polar surface area (TPSA) is 93.9 Å². The van der Waals surface area contributed by atoms with Gasteiger partial charge in [-0.1, -0.05) is 206 Å². The Balaban J connectivity index is 4.21. The Morgan fingerprint density at radius 2 is 0.849 bits per heavy atom. The summed E-state index contributed by atoms with van der Waals surface area (Å²) < 4.78 is 11.0. The van der Waals surface area contributed by atoms with Crippen molar-refractivity contribution in [3.05, 3.63) is 0 Å². The van der Waals surface area contributed by atoms with E-state index >= 15 is 0 Å². The third-order valence-electron chi connectivity index (χ3n) is 10.7. The summed E-state index contributed by atoms with van der Waals surface area (Å²) in [6, 6.07) is 0. The molecule has 53 heavy (non-hydrogen) atoms. The molecule has 0 saturated heterocycles. The van der Waals surface area contributed by atoms with E-state index < -0.39 is 5.97 Å². The lowest BCUT2D eigenvalue weighted by molar-refractivity contribution is -0.155. The van der Waals surface area contributed by atoms with E-state index in [0.29, 0.717) is 13.1 Å². The lowest BCUT2D eigenvalue weighted by Gasteiger charge is -2.23. The minimum atomic E-state index is -0.423. The van der Waals surface area contributed by atoms with Gasteiger partial charge in [0.25, 0.3) is 0 Å². The van der Waals surface area contributed by atoms with Gasteiger partial charge < -0.3 is 25.4 Å². The van der Waals surface area contributed by atoms with Gasteiger partial charge in [-0.25, -0.2) is 4.79 Å². The molecular weight excluding hydrogens is 659 g/mol. The van der Waals surface area contributed by atoms with E-state index in [0.717, 1.165) is 38.9 Å². The summed E-state index contributed by atoms with van der Waals surface area (Å²) in [6.45, 7) is 9.78. The number of carbonyl (C=O) groups is 2. The summed E-state index contributed by atoms with van der Waals surface area (Å²) in [5.74, 6) is -0.427. The number of ether oxygens (including phenoxy) is 2. The van der Waals surface area contributed by atoms with Crippen molar-refractivity contribution in [1.29, 1.82) is 0 Å². The summed E-state index contributed by atoms with van der Waals surface area (Å²) >= 11 is 0. The van der Waals surface area contributed by atoms with Gasteiger partial charge in [0.15, 0.2) is 0 Å². The molecule has 0 radical (unpaired) electrons. The molecule has 316 valence electrons. The van der Waals surface area contributed by atoms with Crippen molar-refractivity contribution in [2.45, 2.75) is 239 Å². The normalized spacial score (nSPS) is 12.0. The largest absolute Gasteiger partial charge is 0.460 e. The second-order valence-corrected chi connectivity index (χ2v) is 16.1. The number of esters is 1. The van der Waals surface area contributed by atoms with Crippen molar-refractivity contribution < 1.29 is 19.1 Å². The Morgan fingerprint density at radius 3 is 1.19 bits per heavy atom. The summed E-state index contributed by atoms with van der Waals surface area (Å²) in [7, 11) is 0. The van der Waals surface area contributed by atoms with Crippen molar-refractivity contribution in [2.75, 3.05) is 45.9 Å². The van der Waals surface area contributed by atoms with Crippen molar-refractivity contribution in [3.63, 3.8) is 0 Å². The molecule has 0 rings (SSSR count). The molecular formula is C46H93N3O4. The highest BCUT2D eigenvalue weighted by atomic mass is 16.6. The zero-order valence-electron chi connectivity index (χ0n) is 36.0. The number of amides is 1. The van der Waals surface area contributed by atoms with Crippen LogP contribution in [-0.2, 0) is 19.1 Å². The fourth-order valence-electron chi connectivity index (χ4n) is 7.21. The molecule has 0 aromatic heterocycles. The SMILES string of the molecule is CCCCCCCCCCCCCCCCCCN(CCCCCCCCCCCCCCCCCC)C(=O)COCC(=O)OC(C)CNCCCN. The highest BCUT2D eigenvalue weighted by molar-refractivity contribution is 5.78. The summed E-state index contributed by atoms with van der Waals surface area (Å²) in [5, 5.41) is 3.23. The molecule has 0 spiro atoms. The molecule has 3 N–H and O–H groups in total. The number of carbonyl (C=O) groups excluding carboxylic acids is 2. The van der Waals surface area contributed by atoms with Crippen LogP contribution in [0.15, 0.2) is 0 Å². The fourth-order valence-corrected chi connectivity index (χ4v) is 7.21. The van der Waals surface area contributed by atoms with Gasteiger partial charge in [0.1, 0.15) is 19.3 Å². The lowest BCUT2D eigenvalue weighted by atomic mass is 10.0. The number of nitrogens with zero attached hydrogens (tertiary/aromatic N) is 1. The predicted octanol–water partition coefficient (Wildman–Crippen LogP) is 12.2. The van der Waals surface area contributed by atoms with Gasteiger partial charge >= 0.3 is 5.97 Å². The van der Waals surface area contributed by atoms with E-state index in [1.807, 2.05) is 11.8 Å². The third-order valence-corrected chi connectivity index (χ3v) is 10.7. The quantitative estimate of drug-likeness (QED) is 0.0475. The molecule has 0 heterocycles. The molecule has 7 nitrogen and oxygen atoms in total. The maximum atomic E-state index is 13.2. The first-order chi connectivity index (χ1) is 26.0. The number of nitrogens with two attached hydrogens (primary N) is 1. The van der Waals surface area contributed by atoms with Crippen molar-refractivity contribution in [2.24, 2.45) is 5.73 Å². The van der Waals surface area contributed by atoms with E-state index in [1.54, 1.807) is 0 Å². The van der Waals surface area contributed by atoms with Crippen molar-refractivity contribution >= 4 is 11.9 Å². The number of unbranched alkanes of at least 4 members (excludes halogenated alkanes) is 30. The second-order valence-electron chi connectivity index (χ2n) is 16.1. The third kappa shape index (κ3) is 40.3. The van der Waals surface area contributed by atoms with Crippen LogP contribution >= 0.6 is 0 Å². The molecule has 0 aromatic carbocycles. The first-order valence-electron chi connectivity index (χ1n) is 23.5. The smallest absolute Gasteiger partial charge is 0.332 e. The highest BCUT2D eigenvalue weighted by Crippen LogP contribution is 2.16. The zero-order valence-corrected chi connectivity index (χ0v) is 36.0. The Bertz CT molecular complexity index is 716. The van der Waals surface area contributed by atoms with Crippen LogP contribution in [0.5, 0.6) is 0 Å². The van der Waals surface area contributed by atoms with Crippen LogP contribution in [-0.4, -0.2) is 68.8 Å². The minimum Gasteiger partial charge on any atom is -0.460 e. The molecule has 0 saturated carbocycles. The number of hydrogen-bond acceptors (Lipinski definition) is 6. The molecule has 7 heteroatoms. The highest BCUT2D eigenvalue weighted by Gasteiger charge is 2.15. The van der Waals surface area contributed by atoms with E-state index in [9.17, 15) is 9.59 Å². The first kappa shape index (κ1) is 51.8. The molecule has 0 aliphatic carbocycles. The van der Waals surface area contributed by atoms with E-state index in [-0.39, 0.29) is 25.2 Å². The Labute approximate surface area is 330 Å². The predicted molar refractivity (Wildman–Crippen MR) is 229 cm³/mol. The molecule has 0 aromatic rings. The second kappa shape index (κ2) is 43.5. The maximum absolute atomic E-state index is 13.2. The van der Waals surface area contributed by atoms with Gasteiger partial charge in [0.05, 0.1) is 0 Å². The monoisotopic (exact) mass is 752 g/mol. The van der Waals surface area contributed by atoms with Crippen LogP contribution in [0, 0.1) is 0 Å². The zero-order chi connectivity index (χ0) is 38.7. The van der Waals surface area contributed by atoms with E-state index in [4.69, 9.17) is 15.2 Å². The van der Waals surface area contributed by atoms with Gasteiger partial charge in [-0.2, -0.15) is 0 Å². The van der Waals surface area contributed by atoms with Crippen LogP contribution in [0.25, 0.3) is 0 Å². The Morgan fingerprint density at radius 1 is 0.509 bits per heavy atom. The fraction of sp³-hybridized carbons (Fsp3) is 0.957. The molecule has 1 unspecified atom stereocenters. The van der Waals surface area contributed by atoms with Gasteiger partial charge in [-0.3, -0.25) is 4.79 Å². The Kier molecular flexibility index (Phi) is 42.6. The molecule has 0 aliphatic rings.